The number of ether oxygens (including phenoxy) is 2. The van der Waals surface area contributed by atoms with Gasteiger partial charge in [-0.05, 0) is 18.6 Å². The Balaban J connectivity index is 2.62. The van der Waals surface area contributed by atoms with Crippen molar-refractivity contribution >= 4 is 5.97 Å². The van der Waals surface area contributed by atoms with Crippen LogP contribution in [0.2, 0.25) is 0 Å². The minimum absolute atomic E-state index is 0.189. The first kappa shape index (κ1) is 14.5. The second kappa shape index (κ2) is 7.01. The zero-order valence-electron chi connectivity index (χ0n) is 11.4. The molecule has 100 valence electrons. The van der Waals surface area contributed by atoms with Crippen molar-refractivity contribution in [3.63, 3.8) is 0 Å². The van der Waals surface area contributed by atoms with E-state index in [1.807, 2.05) is 45.0 Å². The van der Waals surface area contributed by atoms with Gasteiger partial charge in [0, 0.05) is 6.04 Å². The van der Waals surface area contributed by atoms with Gasteiger partial charge in [-0.1, -0.05) is 32.0 Å². The van der Waals surface area contributed by atoms with Crippen LogP contribution in [0.4, 0.5) is 0 Å². The Morgan fingerprint density at radius 2 is 2.00 bits per heavy atom. The van der Waals surface area contributed by atoms with Gasteiger partial charge < -0.3 is 9.47 Å². The van der Waals surface area contributed by atoms with Crippen LogP contribution in [0.25, 0.3) is 0 Å². The Labute approximate surface area is 108 Å². The summed E-state index contributed by atoms with van der Waals surface area (Å²) in [6, 6.07) is 7.46. The summed E-state index contributed by atoms with van der Waals surface area (Å²) in [5, 5.41) is 3.12. The summed E-state index contributed by atoms with van der Waals surface area (Å²) in [5.74, 6) is 0.481. The van der Waals surface area contributed by atoms with Crippen molar-refractivity contribution in [2.45, 2.75) is 32.9 Å². The van der Waals surface area contributed by atoms with Crippen LogP contribution >= 0.6 is 0 Å². The maximum atomic E-state index is 11.6. The van der Waals surface area contributed by atoms with Crippen LogP contribution in [0.15, 0.2) is 24.3 Å². The van der Waals surface area contributed by atoms with Crippen LogP contribution in [0.5, 0.6) is 5.75 Å². The number of rotatable bonds is 6. The number of aryl methyl sites for hydroxylation is 1. The Kier molecular flexibility index (Phi) is 5.65. The van der Waals surface area contributed by atoms with Crippen molar-refractivity contribution in [3.8, 4) is 5.75 Å². The molecule has 1 atom stereocenters. The average molecular weight is 251 g/mol. The lowest BCUT2D eigenvalue weighted by atomic mass is 10.2. The monoisotopic (exact) mass is 251 g/mol. The molecule has 0 saturated carbocycles. The van der Waals surface area contributed by atoms with E-state index >= 15 is 0 Å². The van der Waals surface area contributed by atoms with E-state index in [2.05, 4.69) is 5.32 Å². The minimum atomic E-state index is -0.449. The van der Waals surface area contributed by atoms with E-state index in [0.717, 1.165) is 11.3 Å². The molecule has 0 fully saturated rings. The van der Waals surface area contributed by atoms with Gasteiger partial charge >= 0.3 is 5.97 Å². The Morgan fingerprint density at radius 1 is 1.33 bits per heavy atom. The maximum Gasteiger partial charge on any atom is 0.326 e. The first-order chi connectivity index (χ1) is 8.54. The van der Waals surface area contributed by atoms with Crippen molar-refractivity contribution in [1.29, 1.82) is 0 Å². The van der Waals surface area contributed by atoms with Gasteiger partial charge in [-0.15, -0.1) is 0 Å². The molecule has 0 radical (unpaired) electrons. The highest BCUT2D eigenvalue weighted by Gasteiger charge is 2.20. The molecule has 1 aromatic carbocycles. The molecule has 0 saturated heterocycles. The molecular weight excluding hydrogens is 230 g/mol. The molecule has 0 aliphatic rings. The number of carbonyl (C=O) groups is 1. The lowest BCUT2D eigenvalue weighted by Gasteiger charge is -2.20. The number of benzene rings is 1. The number of nitrogens with one attached hydrogen (secondary N) is 1. The van der Waals surface area contributed by atoms with E-state index in [0.29, 0.717) is 0 Å². The summed E-state index contributed by atoms with van der Waals surface area (Å²) in [4.78, 5) is 11.6. The molecule has 0 aliphatic heterocycles. The van der Waals surface area contributed by atoms with Crippen molar-refractivity contribution < 1.29 is 14.3 Å². The third kappa shape index (κ3) is 4.37. The SMILES string of the molecule is COC(=O)C(COc1ccccc1C)NC(C)C. The fraction of sp³-hybridized carbons (Fsp3) is 0.500. The Bertz CT molecular complexity index is 390. The molecule has 18 heavy (non-hydrogen) atoms. The van der Waals surface area contributed by atoms with Crippen LogP contribution in [-0.2, 0) is 9.53 Å². The highest BCUT2D eigenvalue weighted by molar-refractivity contribution is 5.75. The second-order valence-electron chi connectivity index (χ2n) is 4.47. The van der Waals surface area contributed by atoms with E-state index in [9.17, 15) is 4.79 Å². The van der Waals surface area contributed by atoms with Gasteiger partial charge in [-0.25, -0.2) is 0 Å². The van der Waals surface area contributed by atoms with Crippen molar-refractivity contribution in [2.24, 2.45) is 0 Å². The van der Waals surface area contributed by atoms with Crippen LogP contribution < -0.4 is 10.1 Å². The molecule has 1 unspecified atom stereocenters. The smallest absolute Gasteiger partial charge is 0.326 e. The van der Waals surface area contributed by atoms with E-state index < -0.39 is 6.04 Å². The quantitative estimate of drug-likeness (QED) is 0.785. The minimum Gasteiger partial charge on any atom is -0.491 e. The predicted octanol–water partition coefficient (Wildman–Crippen LogP) is 1.91. The summed E-state index contributed by atoms with van der Waals surface area (Å²) >= 11 is 0. The normalized spacial score (nSPS) is 12.3. The van der Waals surface area contributed by atoms with E-state index in [1.54, 1.807) is 0 Å². The number of methoxy groups -OCH3 is 1. The van der Waals surface area contributed by atoms with Crippen LogP contribution in [0.1, 0.15) is 19.4 Å². The lowest BCUT2D eigenvalue weighted by Crippen LogP contribution is -2.45. The molecule has 1 rings (SSSR count). The first-order valence-electron chi connectivity index (χ1n) is 6.07. The summed E-state index contributed by atoms with van der Waals surface area (Å²) in [6.07, 6.45) is 0. The number of esters is 1. The molecule has 1 aromatic rings. The molecule has 1 N–H and O–H groups in total. The summed E-state index contributed by atoms with van der Waals surface area (Å²) in [7, 11) is 1.38. The van der Waals surface area contributed by atoms with Gasteiger partial charge in [0.05, 0.1) is 7.11 Å². The van der Waals surface area contributed by atoms with E-state index in [1.165, 1.54) is 7.11 Å². The Morgan fingerprint density at radius 3 is 2.56 bits per heavy atom. The Hall–Kier alpha value is -1.55. The predicted molar refractivity (Wildman–Crippen MR) is 70.7 cm³/mol. The van der Waals surface area contributed by atoms with Gasteiger partial charge in [0.1, 0.15) is 18.4 Å². The second-order valence-corrected chi connectivity index (χ2v) is 4.47. The largest absolute Gasteiger partial charge is 0.491 e. The van der Waals surface area contributed by atoms with Crippen molar-refractivity contribution in [1.82, 2.24) is 5.32 Å². The third-order valence-electron chi connectivity index (χ3n) is 2.52. The summed E-state index contributed by atoms with van der Waals surface area (Å²) in [6.45, 7) is 6.18. The number of carbonyl (C=O) groups excluding carboxylic acids is 1. The van der Waals surface area contributed by atoms with Crippen molar-refractivity contribution in [2.75, 3.05) is 13.7 Å². The highest BCUT2D eigenvalue weighted by Crippen LogP contribution is 2.16. The maximum absolute atomic E-state index is 11.6. The van der Waals surface area contributed by atoms with E-state index in [4.69, 9.17) is 9.47 Å². The zero-order chi connectivity index (χ0) is 13.5. The highest BCUT2D eigenvalue weighted by atomic mass is 16.5. The van der Waals surface area contributed by atoms with Crippen molar-refractivity contribution in [3.05, 3.63) is 29.8 Å². The molecule has 4 nitrogen and oxygen atoms in total. The molecule has 0 amide bonds. The fourth-order valence-electron chi connectivity index (χ4n) is 1.62. The average Bonchev–Trinajstić information content (AvgIpc) is 2.34. The van der Waals surface area contributed by atoms with Gasteiger partial charge in [-0.2, -0.15) is 0 Å². The van der Waals surface area contributed by atoms with Gasteiger partial charge in [0.15, 0.2) is 0 Å². The fourth-order valence-corrected chi connectivity index (χ4v) is 1.62. The molecular formula is C14H21NO3. The standard InChI is InChI=1S/C14H21NO3/c1-10(2)15-12(14(16)17-4)9-18-13-8-6-5-7-11(13)3/h5-8,10,12,15H,9H2,1-4H3. The van der Waals surface area contributed by atoms with Crippen LogP contribution in [0.3, 0.4) is 0 Å². The zero-order valence-corrected chi connectivity index (χ0v) is 11.4. The third-order valence-corrected chi connectivity index (χ3v) is 2.52. The van der Waals surface area contributed by atoms with E-state index in [-0.39, 0.29) is 18.6 Å². The summed E-state index contributed by atoms with van der Waals surface area (Å²) in [5.41, 5.74) is 1.05. The molecule has 0 bridgehead atoms. The topological polar surface area (TPSA) is 47.6 Å². The molecule has 0 aliphatic carbocycles. The van der Waals surface area contributed by atoms with Gasteiger partial charge in [-0.3, -0.25) is 10.1 Å². The molecule has 4 heteroatoms. The summed E-state index contributed by atoms with van der Waals surface area (Å²) < 4.78 is 10.4. The van der Waals surface area contributed by atoms with Gasteiger partial charge in [0.25, 0.3) is 0 Å². The number of hydrogen-bond donors (Lipinski definition) is 1. The van der Waals surface area contributed by atoms with Crippen LogP contribution in [-0.4, -0.2) is 31.8 Å². The number of para-hydroxylation sites is 1. The van der Waals surface area contributed by atoms with Crippen LogP contribution in [0, 0.1) is 6.92 Å². The van der Waals surface area contributed by atoms with Gasteiger partial charge in [0.2, 0.25) is 0 Å². The molecule has 0 spiro atoms. The molecule has 0 heterocycles. The number of hydrogen-bond acceptors (Lipinski definition) is 4. The lowest BCUT2D eigenvalue weighted by molar-refractivity contribution is -0.144. The molecule has 0 aromatic heterocycles. The first-order valence-corrected chi connectivity index (χ1v) is 6.07.